The van der Waals surface area contributed by atoms with Crippen LogP contribution in [0.15, 0.2) is 37.9 Å². The minimum absolute atomic E-state index is 0.00324. The van der Waals surface area contributed by atoms with E-state index in [1.807, 2.05) is 36.5 Å². The van der Waals surface area contributed by atoms with Gasteiger partial charge in [0.15, 0.2) is 5.96 Å². The van der Waals surface area contributed by atoms with Gasteiger partial charge >= 0.3 is 0 Å². The van der Waals surface area contributed by atoms with Crippen molar-refractivity contribution in [3.05, 3.63) is 56.8 Å². The summed E-state index contributed by atoms with van der Waals surface area (Å²) >= 11 is 3.11. The molecule has 0 bridgehead atoms. The molecular weight excluding hydrogens is 436 g/mol. The number of thioether (sulfide) groups is 1. The lowest BCUT2D eigenvalue weighted by Crippen LogP contribution is -2.21. The van der Waals surface area contributed by atoms with Crippen molar-refractivity contribution in [2.75, 3.05) is 31.7 Å². The van der Waals surface area contributed by atoms with Gasteiger partial charge in [0.2, 0.25) is 11.1 Å². The molecular formula is C19H26N8O2S2. The molecule has 166 valence electrons. The van der Waals surface area contributed by atoms with E-state index in [0.717, 1.165) is 35.3 Å². The Morgan fingerprint density at radius 1 is 1.35 bits per heavy atom. The number of thiazole rings is 1. The van der Waals surface area contributed by atoms with Crippen LogP contribution in [0.1, 0.15) is 22.8 Å². The molecule has 0 saturated carbocycles. The van der Waals surface area contributed by atoms with Crippen LogP contribution in [0.25, 0.3) is 0 Å². The molecule has 3 aromatic rings. The molecule has 0 atom stereocenters. The molecule has 0 saturated heterocycles. The Bertz CT molecular complexity index is 1070. The summed E-state index contributed by atoms with van der Waals surface area (Å²) in [6.45, 7) is 1.37. The second-order valence-electron chi connectivity index (χ2n) is 7.01. The molecule has 6 N–H and O–H groups in total. The standard InChI is InChI=1S/C19H26N8O2S2/c1-27(2)9-15-4-3-14(29-15)7-12-8-23-18(25-16(12)28)22-5-6-30-10-13-11-31-19(24-13)26-17(20)21/h3-4,8,11H,5-7,9-10H2,1-2H3,(H4,20,21,24,26)(H2,22,23,25,28). The number of furan rings is 1. The topological polar surface area (TPSA) is 151 Å². The van der Waals surface area contributed by atoms with Crippen LogP contribution >= 0.6 is 23.1 Å². The molecule has 0 aliphatic rings. The molecule has 0 aliphatic heterocycles. The van der Waals surface area contributed by atoms with Gasteiger partial charge in [-0.3, -0.25) is 9.78 Å². The highest BCUT2D eigenvalue weighted by molar-refractivity contribution is 7.98. The molecule has 0 aromatic carbocycles. The largest absolute Gasteiger partial charge is 0.464 e. The average Bonchev–Trinajstić information content (AvgIpc) is 3.32. The number of aromatic nitrogens is 3. The molecule has 0 aliphatic carbocycles. The molecule has 0 fully saturated rings. The van der Waals surface area contributed by atoms with Gasteiger partial charge in [-0.1, -0.05) is 0 Å². The van der Waals surface area contributed by atoms with Crippen LogP contribution in [-0.4, -0.2) is 52.2 Å². The van der Waals surface area contributed by atoms with Gasteiger partial charge in [-0.2, -0.15) is 16.8 Å². The third kappa shape index (κ3) is 7.42. The second-order valence-corrected chi connectivity index (χ2v) is 8.95. The number of anilines is 1. The van der Waals surface area contributed by atoms with Crippen molar-refractivity contribution in [2.24, 2.45) is 16.5 Å². The number of nitrogens with zero attached hydrogens (tertiary/aromatic N) is 4. The van der Waals surface area contributed by atoms with E-state index in [9.17, 15) is 4.79 Å². The van der Waals surface area contributed by atoms with Gasteiger partial charge in [0.05, 0.1) is 12.2 Å². The summed E-state index contributed by atoms with van der Waals surface area (Å²) in [7, 11) is 3.95. The summed E-state index contributed by atoms with van der Waals surface area (Å²) in [5, 5.41) is 5.62. The Morgan fingerprint density at radius 3 is 2.90 bits per heavy atom. The molecule has 12 heteroatoms. The summed E-state index contributed by atoms with van der Waals surface area (Å²) in [4.78, 5) is 29.7. The Kier molecular flexibility index (Phi) is 8.09. The fraction of sp³-hybridized carbons (Fsp3) is 0.368. The van der Waals surface area contributed by atoms with Gasteiger partial charge in [0, 0.05) is 41.6 Å². The van der Waals surface area contributed by atoms with Gasteiger partial charge < -0.3 is 26.1 Å². The first-order valence-electron chi connectivity index (χ1n) is 9.55. The van der Waals surface area contributed by atoms with E-state index >= 15 is 0 Å². The SMILES string of the molecule is CN(C)Cc1ccc(Cc2cnc(NCCSCc3csc(N=C(N)N)n3)[nH]c2=O)o1. The van der Waals surface area contributed by atoms with Crippen LogP contribution < -0.4 is 22.3 Å². The van der Waals surface area contributed by atoms with Crippen molar-refractivity contribution >= 4 is 40.1 Å². The zero-order chi connectivity index (χ0) is 22.2. The zero-order valence-corrected chi connectivity index (χ0v) is 19.1. The highest BCUT2D eigenvalue weighted by Gasteiger charge is 2.09. The van der Waals surface area contributed by atoms with Crippen molar-refractivity contribution in [2.45, 2.75) is 18.7 Å². The summed E-state index contributed by atoms with van der Waals surface area (Å²) in [6, 6.07) is 3.82. The molecule has 3 rings (SSSR count). The fourth-order valence-electron chi connectivity index (χ4n) is 2.68. The van der Waals surface area contributed by atoms with Crippen molar-refractivity contribution < 1.29 is 4.42 Å². The van der Waals surface area contributed by atoms with Crippen LogP contribution in [0.2, 0.25) is 0 Å². The number of nitrogens with one attached hydrogen (secondary N) is 2. The van der Waals surface area contributed by atoms with Crippen LogP contribution in [-0.2, 0) is 18.7 Å². The maximum absolute atomic E-state index is 12.4. The predicted octanol–water partition coefficient (Wildman–Crippen LogP) is 1.72. The number of guanidine groups is 1. The monoisotopic (exact) mass is 462 g/mol. The molecule has 0 amide bonds. The van der Waals surface area contributed by atoms with E-state index in [0.29, 0.717) is 29.6 Å². The Hall–Kier alpha value is -2.83. The van der Waals surface area contributed by atoms with E-state index in [4.69, 9.17) is 15.9 Å². The lowest BCUT2D eigenvalue weighted by Gasteiger charge is -2.06. The van der Waals surface area contributed by atoms with Gasteiger partial charge in [-0.15, -0.1) is 11.3 Å². The van der Waals surface area contributed by atoms with E-state index in [1.165, 1.54) is 11.3 Å². The molecule has 10 nitrogen and oxygen atoms in total. The molecule has 0 radical (unpaired) electrons. The highest BCUT2D eigenvalue weighted by atomic mass is 32.2. The van der Waals surface area contributed by atoms with Crippen LogP contribution in [0, 0.1) is 0 Å². The minimum Gasteiger partial charge on any atom is -0.464 e. The molecule has 3 heterocycles. The highest BCUT2D eigenvalue weighted by Crippen LogP contribution is 2.21. The summed E-state index contributed by atoms with van der Waals surface area (Å²) in [5.41, 5.74) is 12.0. The van der Waals surface area contributed by atoms with E-state index in [1.54, 1.807) is 18.0 Å². The summed E-state index contributed by atoms with van der Waals surface area (Å²) < 4.78 is 5.77. The number of rotatable bonds is 11. The third-order valence-electron chi connectivity index (χ3n) is 3.98. The lowest BCUT2D eigenvalue weighted by molar-refractivity contribution is 0.343. The van der Waals surface area contributed by atoms with Gasteiger partial charge in [-0.05, 0) is 26.2 Å². The number of H-pyrrole nitrogens is 1. The van der Waals surface area contributed by atoms with E-state index in [-0.39, 0.29) is 11.5 Å². The van der Waals surface area contributed by atoms with Crippen molar-refractivity contribution in [1.29, 1.82) is 0 Å². The Morgan fingerprint density at radius 2 is 2.16 bits per heavy atom. The number of aliphatic imine (C=N–C) groups is 1. The second kappa shape index (κ2) is 11.0. The smallest absolute Gasteiger partial charge is 0.255 e. The summed E-state index contributed by atoms with van der Waals surface area (Å²) in [5.74, 6) is 3.63. The molecule has 0 unspecified atom stereocenters. The maximum atomic E-state index is 12.4. The van der Waals surface area contributed by atoms with Crippen LogP contribution in [0.3, 0.4) is 0 Å². The van der Waals surface area contributed by atoms with Crippen LogP contribution in [0.5, 0.6) is 0 Å². The normalized spacial score (nSPS) is 11.1. The third-order valence-corrected chi connectivity index (χ3v) is 5.76. The zero-order valence-electron chi connectivity index (χ0n) is 17.4. The van der Waals surface area contributed by atoms with E-state index < -0.39 is 0 Å². The predicted molar refractivity (Wildman–Crippen MR) is 126 cm³/mol. The molecule has 3 aromatic heterocycles. The average molecular weight is 463 g/mol. The number of aromatic amines is 1. The number of nitrogens with two attached hydrogens (primary N) is 2. The van der Waals surface area contributed by atoms with Crippen molar-refractivity contribution in [3.8, 4) is 0 Å². The van der Waals surface area contributed by atoms with Gasteiger partial charge in [0.25, 0.3) is 5.56 Å². The molecule has 31 heavy (non-hydrogen) atoms. The van der Waals surface area contributed by atoms with Crippen molar-refractivity contribution in [3.63, 3.8) is 0 Å². The minimum atomic E-state index is -0.176. The van der Waals surface area contributed by atoms with Gasteiger partial charge in [0.1, 0.15) is 11.5 Å². The first-order chi connectivity index (χ1) is 14.9. The quantitative estimate of drug-likeness (QED) is 0.190. The first-order valence-corrected chi connectivity index (χ1v) is 11.6. The Balaban J connectivity index is 1.43. The summed E-state index contributed by atoms with van der Waals surface area (Å²) in [6.07, 6.45) is 1.99. The Labute approximate surface area is 188 Å². The lowest BCUT2D eigenvalue weighted by atomic mass is 10.2. The molecule has 0 spiro atoms. The first kappa shape index (κ1) is 22.8. The van der Waals surface area contributed by atoms with Crippen LogP contribution in [0.4, 0.5) is 11.1 Å². The number of hydrogen-bond donors (Lipinski definition) is 4. The van der Waals surface area contributed by atoms with Gasteiger partial charge in [-0.25, -0.2) is 9.97 Å². The van der Waals surface area contributed by atoms with E-state index in [2.05, 4.69) is 25.3 Å². The fourth-order valence-corrected chi connectivity index (χ4v) is 4.24. The maximum Gasteiger partial charge on any atom is 0.255 e. The number of hydrogen-bond acceptors (Lipinski definition) is 9. The van der Waals surface area contributed by atoms with Crippen molar-refractivity contribution in [1.82, 2.24) is 19.9 Å².